The van der Waals surface area contributed by atoms with E-state index in [0.717, 1.165) is 29.4 Å². The van der Waals surface area contributed by atoms with Crippen molar-refractivity contribution in [3.05, 3.63) is 54.1 Å². The highest BCUT2D eigenvalue weighted by Crippen LogP contribution is 2.39. The van der Waals surface area contributed by atoms with Gasteiger partial charge >= 0.3 is 5.97 Å². The number of benzene rings is 1. The van der Waals surface area contributed by atoms with Gasteiger partial charge in [-0.25, -0.2) is 4.79 Å². The van der Waals surface area contributed by atoms with Crippen molar-refractivity contribution in [3.63, 3.8) is 0 Å². The standard InChI is InChI=1S/C34H54O6Si2/c1-12-28(39-41(10,11)33(5,6)7)25-31(37-26-27-19-21-29(36-9)22-20-27)34(8,40-42(13-2,14-3)15-4)24-23-30-17-16-18-32(35)38-30/h1,16,18-24,28,30-31H,13-15,17,25-26H2,2-11H3/b24-23+/t28-,30+,31+,34+/m0/s1. The fourth-order valence-corrected chi connectivity index (χ4v) is 9.15. The number of terminal acetylenes is 1. The molecule has 42 heavy (non-hydrogen) atoms. The molecular formula is C34H54O6Si2. The Labute approximate surface area is 257 Å². The van der Waals surface area contributed by atoms with E-state index in [9.17, 15) is 4.79 Å². The zero-order valence-corrected chi connectivity index (χ0v) is 29.6. The number of cyclic esters (lactones) is 1. The van der Waals surface area contributed by atoms with Crippen molar-refractivity contribution in [3.8, 4) is 18.1 Å². The van der Waals surface area contributed by atoms with E-state index in [2.05, 4.69) is 67.5 Å². The van der Waals surface area contributed by atoms with Gasteiger partial charge in [0.15, 0.2) is 16.6 Å². The lowest BCUT2D eigenvalue weighted by Gasteiger charge is -2.45. The number of ether oxygens (including phenoxy) is 3. The molecule has 0 aliphatic carbocycles. The number of carbonyl (C=O) groups excluding carboxylic acids is 1. The molecule has 8 heteroatoms. The third-order valence-electron chi connectivity index (χ3n) is 9.01. The molecule has 1 aliphatic heterocycles. The molecule has 0 amide bonds. The first-order chi connectivity index (χ1) is 19.7. The van der Waals surface area contributed by atoms with E-state index in [4.69, 9.17) is 29.5 Å². The Kier molecular flexibility index (Phi) is 13.3. The molecule has 1 heterocycles. The lowest BCUT2D eigenvalue weighted by Crippen LogP contribution is -2.53. The molecule has 1 aromatic carbocycles. The second kappa shape index (κ2) is 15.5. The number of rotatable bonds is 16. The molecule has 0 fully saturated rings. The van der Waals surface area contributed by atoms with Gasteiger partial charge in [0.1, 0.15) is 18.0 Å². The van der Waals surface area contributed by atoms with Gasteiger partial charge in [0.2, 0.25) is 0 Å². The van der Waals surface area contributed by atoms with Crippen molar-refractivity contribution in [2.75, 3.05) is 7.11 Å². The summed E-state index contributed by atoms with van der Waals surface area (Å²) in [6.07, 6.45) is 13.3. The third kappa shape index (κ3) is 9.95. The van der Waals surface area contributed by atoms with Crippen LogP contribution >= 0.6 is 0 Å². The number of hydrogen-bond donors (Lipinski definition) is 0. The van der Waals surface area contributed by atoms with E-state index in [-0.39, 0.29) is 17.1 Å². The van der Waals surface area contributed by atoms with Gasteiger partial charge in [0.25, 0.3) is 0 Å². The summed E-state index contributed by atoms with van der Waals surface area (Å²) in [5, 5.41) is 0.00826. The molecule has 6 nitrogen and oxygen atoms in total. The lowest BCUT2D eigenvalue weighted by molar-refractivity contribution is -0.141. The Morgan fingerprint density at radius 2 is 1.71 bits per heavy atom. The van der Waals surface area contributed by atoms with Gasteiger partial charge in [-0.05, 0) is 67.0 Å². The minimum absolute atomic E-state index is 0.00826. The van der Waals surface area contributed by atoms with Gasteiger partial charge in [-0.2, -0.15) is 0 Å². The normalized spacial score (nSPS) is 19.2. The minimum atomic E-state index is -2.16. The average molecular weight is 615 g/mol. The molecule has 1 aromatic rings. The Morgan fingerprint density at radius 3 is 2.21 bits per heavy atom. The van der Waals surface area contributed by atoms with Crippen molar-refractivity contribution >= 4 is 22.6 Å². The molecule has 4 atom stereocenters. The summed E-state index contributed by atoms with van der Waals surface area (Å²) in [5.41, 5.74) is 0.186. The highest BCUT2D eigenvalue weighted by Gasteiger charge is 2.45. The van der Waals surface area contributed by atoms with Crippen molar-refractivity contribution < 1.29 is 27.9 Å². The van der Waals surface area contributed by atoms with Crippen LogP contribution in [-0.2, 0) is 29.7 Å². The first-order valence-corrected chi connectivity index (χ1v) is 20.7. The van der Waals surface area contributed by atoms with Crippen LogP contribution in [0.2, 0.25) is 36.3 Å². The van der Waals surface area contributed by atoms with Crippen LogP contribution in [0.5, 0.6) is 5.75 Å². The zero-order chi connectivity index (χ0) is 31.6. The van der Waals surface area contributed by atoms with Crippen LogP contribution in [0.1, 0.15) is 66.9 Å². The summed E-state index contributed by atoms with van der Waals surface area (Å²) >= 11 is 0. The molecule has 0 saturated heterocycles. The molecule has 0 spiro atoms. The average Bonchev–Trinajstić information content (AvgIpc) is 2.96. The zero-order valence-electron chi connectivity index (χ0n) is 27.6. The van der Waals surface area contributed by atoms with Crippen LogP contribution in [0, 0.1) is 12.3 Å². The van der Waals surface area contributed by atoms with Gasteiger partial charge in [-0.1, -0.05) is 71.7 Å². The lowest BCUT2D eigenvalue weighted by atomic mass is 9.92. The molecule has 0 unspecified atom stereocenters. The molecule has 234 valence electrons. The molecule has 0 radical (unpaired) electrons. The maximum atomic E-state index is 12.0. The second-order valence-corrected chi connectivity index (χ2v) is 22.4. The summed E-state index contributed by atoms with van der Waals surface area (Å²) in [4.78, 5) is 12.0. The molecule has 0 N–H and O–H groups in total. The fraction of sp³-hybridized carbons (Fsp3) is 0.618. The summed E-state index contributed by atoms with van der Waals surface area (Å²) in [7, 11) is -2.63. The molecule has 0 saturated carbocycles. The van der Waals surface area contributed by atoms with Gasteiger partial charge < -0.3 is 23.1 Å². The van der Waals surface area contributed by atoms with Gasteiger partial charge in [-0.15, -0.1) is 6.42 Å². The number of esters is 1. The van der Waals surface area contributed by atoms with Crippen molar-refractivity contribution in [1.29, 1.82) is 0 Å². The Morgan fingerprint density at radius 1 is 1.10 bits per heavy atom. The van der Waals surface area contributed by atoms with Crippen molar-refractivity contribution in [1.82, 2.24) is 0 Å². The van der Waals surface area contributed by atoms with E-state index in [1.807, 2.05) is 42.5 Å². The van der Waals surface area contributed by atoms with Crippen molar-refractivity contribution in [2.45, 2.75) is 128 Å². The number of carbonyl (C=O) groups is 1. The van der Waals surface area contributed by atoms with E-state index in [1.54, 1.807) is 7.11 Å². The van der Waals surface area contributed by atoms with Crippen LogP contribution in [0.4, 0.5) is 0 Å². The third-order valence-corrected chi connectivity index (χ3v) is 18.2. The van der Waals surface area contributed by atoms with Crippen LogP contribution < -0.4 is 4.74 Å². The van der Waals surface area contributed by atoms with Crippen LogP contribution in [0.15, 0.2) is 48.6 Å². The Bertz CT molecular complexity index is 1090. The van der Waals surface area contributed by atoms with E-state index in [1.165, 1.54) is 6.08 Å². The topological polar surface area (TPSA) is 63.2 Å². The smallest absolute Gasteiger partial charge is 0.331 e. The molecule has 0 bridgehead atoms. The number of hydrogen-bond acceptors (Lipinski definition) is 6. The highest BCUT2D eigenvalue weighted by atomic mass is 28.4. The number of methoxy groups -OCH3 is 1. The summed E-state index contributed by atoms with van der Waals surface area (Å²) in [5.74, 6) is 3.39. The summed E-state index contributed by atoms with van der Waals surface area (Å²) in [6, 6.07) is 10.8. The largest absolute Gasteiger partial charge is 0.497 e. The quantitative estimate of drug-likeness (QED) is 0.0809. The SMILES string of the molecule is C#C[C@@H](C[C@@H](OCc1ccc(OC)cc1)[C@@](C)(/C=C/[C@H]1CC=CC(=O)O1)O[Si](CC)(CC)CC)O[Si](C)(C)C(C)(C)C. The predicted octanol–water partition coefficient (Wildman–Crippen LogP) is 8.20. The van der Waals surface area contributed by atoms with E-state index < -0.39 is 34.4 Å². The summed E-state index contributed by atoms with van der Waals surface area (Å²) in [6.45, 7) is 20.2. The van der Waals surface area contributed by atoms with Crippen LogP contribution in [-0.4, -0.2) is 53.6 Å². The van der Waals surface area contributed by atoms with Gasteiger partial charge in [0.05, 0.1) is 25.4 Å². The Balaban J connectivity index is 2.54. The van der Waals surface area contributed by atoms with E-state index >= 15 is 0 Å². The Hall–Kier alpha value is -2.16. The maximum Gasteiger partial charge on any atom is 0.331 e. The first-order valence-electron chi connectivity index (χ1n) is 15.3. The molecular weight excluding hydrogens is 561 g/mol. The fourth-order valence-electron chi connectivity index (χ4n) is 4.85. The highest BCUT2D eigenvalue weighted by molar-refractivity contribution is 6.74. The van der Waals surface area contributed by atoms with Crippen LogP contribution in [0.25, 0.3) is 0 Å². The summed E-state index contributed by atoms with van der Waals surface area (Å²) < 4.78 is 31.7. The monoisotopic (exact) mass is 614 g/mol. The molecule has 0 aromatic heterocycles. The van der Waals surface area contributed by atoms with Gasteiger partial charge in [0, 0.05) is 18.9 Å². The predicted molar refractivity (Wildman–Crippen MR) is 177 cm³/mol. The first kappa shape index (κ1) is 36.0. The maximum absolute atomic E-state index is 12.0. The second-order valence-electron chi connectivity index (χ2n) is 12.9. The minimum Gasteiger partial charge on any atom is -0.497 e. The van der Waals surface area contributed by atoms with Gasteiger partial charge in [-0.3, -0.25) is 0 Å². The van der Waals surface area contributed by atoms with Crippen LogP contribution in [0.3, 0.4) is 0 Å². The molecule has 2 rings (SSSR count). The molecule has 1 aliphatic rings. The van der Waals surface area contributed by atoms with E-state index in [0.29, 0.717) is 19.4 Å². The van der Waals surface area contributed by atoms with Crippen molar-refractivity contribution in [2.24, 2.45) is 0 Å².